The maximum atomic E-state index is 13.1. The number of aromatic nitrogens is 3. The molecule has 4 nitrogen and oxygen atoms in total. The topological polar surface area (TPSA) is 42.7 Å². The Balaban J connectivity index is 1.93. The smallest absolute Gasteiger partial charge is 0.248 e. The van der Waals surface area contributed by atoms with Crippen molar-refractivity contribution in [2.24, 2.45) is 13.0 Å². The summed E-state index contributed by atoms with van der Waals surface area (Å²) >= 11 is 0. The van der Waals surface area contributed by atoms with E-state index in [-0.39, 0.29) is 18.9 Å². The van der Waals surface area contributed by atoms with Crippen molar-refractivity contribution in [2.75, 3.05) is 7.05 Å². The molecule has 6 heteroatoms. The van der Waals surface area contributed by atoms with Gasteiger partial charge in [-0.2, -0.15) is 0 Å². The predicted molar refractivity (Wildman–Crippen MR) is 64.5 cm³/mol. The van der Waals surface area contributed by atoms with E-state index in [0.717, 1.165) is 12.1 Å². The molecule has 0 amide bonds. The number of nitrogens with zero attached hydrogens (tertiary/aromatic N) is 3. The molecule has 1 aliphatic carbocycles. The predicted octanol–water partition coefficient (Wildman–Crippen LogP) is 1.77. The first-order valence-corrected chi connectivity index (χ1v) is 6.40. The highest BCUT2D eigenvalue weighted by atomic mass is 19.3. The van der Waals surface area contributed by atoms with Crippen LogP contribution in [0.15, 0.2) is 6.20 Å². The lowest BCUT2D eigenvalue weighted by Crippen LogP contribution is -2.39. The zero-order valence-corrected chi connectivity index (χ0v) is 10.9. The Labute approximate surface area is 106 Å². The quantitative estimate of drug-likeness (QED) is 0.895. The molecule has 0 radical (unpaired) electrons. The van der Waals surface area contributed by atoms with E-state index < -0.39 is 5.92 Å². The van der Waals surface area contributed by atoms with Crippen LogP contribution in [-0.2, 0) is 13.5 Å². The molecule has 1 unspecified atom stereocenters. The fourth-order valence-electron chi connectivity index (χ4n) is 2.68. The molecule has 1 N–H and O–H groups in total. The molecule has 1 aromatic rings. The van der Waals surface area contributed by atoms with Crippen LogP contribution in [0.2, 0.25) is 0 Å². The maximum absolute atomic E-state index is 13.1. The zero-order valence-electron chi connectivity index (χ0n) is 10.9. The number of rotatable bonds is 4. The first kappa shape index (κ1) is 13.4. The highest BCUT2D eigenvalue weighted by molar-refractivity contribution is 4.98. The van der Waals surface area contributed by atoms with E-state index in [9.17, 15) is 8.78 Å². The van der Waals surface area contributed by atoms with E-state index in [2.05, 4.69) is 15.6 Å². The number of aryl methyl sites for hydroxylation is 1. The zero-order chi connectivity index (χ0) is 13.2. The largest absolute Gasteiger partial charge is 0.316 e. The molecule has 0 bridgehead atoms. The number of alkyl halides is 2. The van der Waals surface area contributed by atoms with Crippen molar-refractivity contribution >= 4 is 0 Å². The van der Waals surface area contributed by atoms with Crippen LogP contribution in [0, 0.1) is 5.92 Å². The molecule has 1 aromatic heterocycles. The van der Waals surface area contributed by atoms with E-state index in [0.29, 0.717) is 18.8 Å². The SMILES string of the molecule is CNC(Cc1cn(C)nn1)C1CCC(F)(F)CC1. The summed E-state index contributed by atoms with van der Waals surface area (Å²) in [5.74, 6) is -2.15. The highest BCUT2D eigenvalue weighted by Gasteiger charge is 2.37. The van der Waals surface area contributed by atoms with Gasteiger partial charge in [0.15, 0.2) is 0 Å². The van der Waals surface area contributed by atoms with Gasteiger partial charge in [0.05, 0.1) is 5.69 Å². The molecule has 1 fully saturated rings. The molecule has 18 heavy (non-hydrogen) atoms. The van der Waals surface area contributed by atoms with Crippen LogP contribution < -0.4 is 5.32 Å². The molecule has 0 aliphatic heterocycles. The third-order valence-electron chi connectivity index (χ3n) is 3.78. The third-order valence-corrected chi connectivity index (χ3v) is 3.78. The fraction of sp³-hybridized carbons (Fsp3) is 0.833. The maximum Gasteiger partial charge on any atom is 0.248 e. The molecule has 1 saturated carbocycles. The average Bonchev–Trinajstić information content (AvgIpc) is 2.72. The lowest BCUT2D eigenvalue weighted by atomic mass is 9.80. The Bertz CT molecular complexity index is 381. The Hall–Kier alpha value is -1.04. The van der Waals surface area contributed by atoms with E-state index in [4.69, 9.17) is 0 Å². The van der Waals surface area contributed by atoms with Crippen LogP contribution in [0.4, 0.5) is 8.78 Å². The molecule has 0 saturated heterocycles. The monoisotopic (exact) mass is 258 g/mol. The second kappa shape index (κ2) is 5.30. The van der Waals surface area contributed by atoms with Gasteiger partial charge in [0.1, 0.15) is 0 Å². The summed E-state index contributed by atoms with van der Waals surface area (Å²) in [6.07, 6.45) is 3.81. The number of halogens is 2. The van der Waals surface area contributed by atoms with E-state index in [1.54, 1.807) is 4.68 Å². The molecule has 1 atom stereocenters. The second-order valence-corrected chi connectivity index (χ2v) is 5.18. The summed E-state index contributed by atoms with van der Waals surface area (Å²) in [4.78, 5) is 0. The minimum atomic E-state index is -2.46. The standard InChI is InChI=1S/C12H20F2N4/c1-15-11(7-10-8-18(2)17-16-10)9-3-5-12(13,14)6-4-9/h8-9,11,15H,3-7H2,1-2H3. The summed E-state index contributed by atoms with van der Waals surface area (Å²) < 4.78 is 27.9. The van der Waals surface area contributed by atoms with Gasteiger partial charge in [-0.1, -0.05) is 5.21 Å². The van der Waals surface area contributed by atoms with Gasteiger partial charge in [0.2, 0.25) is 5.92 Å². The van der Waals surface area contributed by atoms with Gasteiger partial charge in [-0.25, -0.2) is 8.78 Å². The van der Waals surface area contributed by atoms with Gasteiger partial charge in [0, 0.05) is 38.5 Å². The minimum Gasteiger partial charge on any atom is -0.316 e. The molecule has 0 spiro atoms. The number of hydrogen-bond donors (Lipinski definition) is 1. The number of nitrogens with one attached hydrogen (secondary N) is 1. The summed E-state index contributed by atoms with van der Waals surface area (Å²) in [5, 5.41) is 11.2. The molecule has 1 heterocycles. The fourth-order valence-corrected chi connectivity index (χ4v) is 2.68. The lowest BCUT2D eigenvalue weighted by molar-refractivity contribution is -0.0493. The van der Waals surface area contributed by atoms with Crippen molar-refractivity contribution in [3.8, 4) is 0 Å². The van der Waals surface area contributed by atoms with Gasteiger partial charge in [-0.15, -0.1) is 5.10 Å². The van der Waals surface area contributed by atoms with Crippen LogP contribution in [0.3, 0.4) is 0 Å². The normalized spacial score (nSPS) is 22.0. The van der Waals surface area contributed by atoms with Gasteiger partial charge >= 0.3 is 0 Å². The van der Waals surface area contributed by atoms with E-state index >= 15 is 0 Å². The van der Waals surface area contributed by atoms with Crippen molar-refractivity contribution in [1.82, 2.24) is 20.3 Å². The summed E-state index contributed by atoms with van der Waals surface area (Å²) in [5.41, 5.74) is 0.911. The first-order valence-electron chi connectivity index (χ1n) is 6.40. The molecule has 102 valence electrons. The first-order chi connectivity index (χ1) is 8.50. The van der Waals surface area contributed by atoms with Gasteiger partial charge in [-0.05, 0) is 25.8 Å². The van der Waals surface area contributed by atoms with Crippen molar-refractivity contribution in [1.29, 1.82) is 0 Å². The lowest BCUT2D eigenvalue weighted by Gasteiger charge is -2.33. The Morgan fingerprint density at radius 1 is 1.50 bits per heavy atom. The van der Waals surface area contributed by atoms with Gasteiger partial charge < -0.3 is 5.32 Å². The van der Waals surface area contributed by atoms with Crippen molar-refractivity contribution in [2.45, 2.75) is 44.1 Å². The van der Waals surface area contributed by atoms with E-state index in [1.807, 2.05) is 20.3 Å². The summed E-state index contributed by atoms with van der Waals surface area (Å²) in [6.45, 7) is 0. The molecular weight excluding hydrogens is 238 g/mol. The molecular formula is C12H20F2N4. The van der Waals surface area contributed by atoms with E-state index in [1.165, 1.54) is 0 Å². The summed E-state index contributed by atoms with van der Waals surface area (Å²) in [7, 11) is 3.71. The van der Waals surface area contributed by atoms with Crippen molar-refractivity contribution in [3.05, 3.63) is 11.9 Å². The third kappa shape index (κ3) is 3.25. The number of hydrogen-bond acceptors (Lipinski definition) is 3. The highest BCUT2D eigenvalue weighted by Crippen LogP contribution is 2.37. The van der Waals surface area contributed by atoms with Crippen LogP contribution >= 0.6 is 0 Å². The van der Waals surface area contributed by atoms with Crippen LogP contribution in [-0.4, -0.2) is 34.0 Å². The van der Waals surface area contributed by atoms with Gasteiger partial charge in [-0.3, -0.25) is 4.68 Å². The van der Waals surface area contributed by atoms with Gasteiger partial charge in [0.25, 0.3) is 0 Å². The van der Waals surface area contributed by atoms with Crippen LogP contribution in [0.25, 0.3) is 0 Å². The molecule has 2 rings (SSSR count). The number of likely N-dealkylation sites (N-methyl/N-ethyl adjacent to an activating group) is 1. The Kier molecular flexibility index (Phi) is 3.94. The van der Waals surface area contributed by atoms with Crippen molar-refractivity contribution in [3.63, 3.8) is 0 Å². The Morgan fingerprint density at radius 2 is 2.17 bits per heavy atom. The average molecular weight is 258 g/mol. The summed E-state index contributed by atoms with van der Waals surface area (Å²) in [6, 6.07) is 0.206. The van der Waals surface area contributed by atoms with Crippen LogP contribution in [0.5, 0.6) is 0 Å². The van der Waals surface area contributed by atoms with Crippen molar-refractivity contribution < 1.29 is 8.78 Å². The molecule has 0 aromatic carbocycles. The minimum absolute atomic E-state index is 0.0102. The Morgan fingerprint density at radius 3 is 2.67 bits per heavy atom. The molecule has 1 aliphatic rings. The van der Waals surface area contributed by atoms with Crippen LogP contribution in [0.1, 0.15) is 31.4 Å². The second-order valence-electron chi connectivity index (χ2n) is 5.18.